The second-order valence-corrected chi connectivity index (χ2v) is 9.59. The lowest BCUT2D eigenvalue weighted by Gasteiger charge is -2.57. The third kappa shape index (κ3) is 4.17. The zero-order chi connectivity index (χ0) is 19.7. The van der Waals surface area contributed by atoms with Crippen LogP contribution in [0.25, 0.3) is 0 Å². The fourth-order valence-corrected chi connectivity index (χ4v) is 6.44. The number of pyridine rings is 1. The number of amides is 1. The molecular formula is C25H31N3O. The molecule has 0 atom stereocenters. The van der Waals surface area contributed by atoms with Crippen molar-refractivity contribution in [3.05, 3.63) is 54.4 Å². The first kappa shape index (κ1) is 18.7. The summed E-state index contributed by atoms with van der Waals surface area (Å²) in [4.78, 5) is 16.9. The molecule has 29 heavy (non-hydrogen) atoms. The van der Waals surface area contributed by atoms with E-state index in [0.29, 0.717) is 6.42 Å². The van der Waals surface area contributed by atoms with Gasteiger partial charge in [0.15, 0.2) is 0 Å². The fraction of sp³-hybridized carbons (Fsp3) is 0.520. The van der Waals surface area contributed by atoms with E-state index in [9.17, 15) is 4.79 Å². The van der Waals surface area contributed by atoms with Crippen LogP contribution in [0.3, 0.4) is 0 Å². The van der Waals surface area contributed by atoms with Crippen LogP contribution in [0.2, 0.25) is 0 Å². The molecule has 4 aliphatic carbocycles. The van der Waals surface area contributed by atoms with E-state index in [4.69, 9.17) is 0 Å². The summed E-state index contributed by atoms with van der Waals surface area (Å²) >= 11 is 0. The zero-order valence-corrected chi connectivity index (χ0v) is 17.1. The molecule has 4 nitrogen and oxygen atoms in total. The smallest absolute Gasteiger partial charge is 0.224 e. The van der Waals surface area contributed by atoms with Crippen molar-refractivity contribution < 1.29 is 4.79 Å². The molecule has 2 N–H and O–H groups in total. The van der Waals surface area contributed by atoms with Crippen LogP contribution in [0.15, 0.2) is 48.7 Å². The summed E-state index contributed by atoms with van der Waals surface area (Å²) < 4.78 is 0. The first-order valence-corrected chi connectivity index (χ1v) is 11.2. The highest BCUT2D eigenvalue weighted by Gasteiger charge is 2.51. The second-order valence-electron chi connectivity index (χ2n) is 9.59. The van der Waals surface area contributed by atoms with Gasteiger partial charge in [0, 0.05) is 23.9 Å². The standard InChI is InChI=1S/C25H31N3O/c29-24(10-5-7-21-6-3-4-11-26-21)27-22-8-1-2-9-23(22)28-25-15-18-12-19(16-25)14-20(13-18)17-25/h1-4,6,8-9,11,18-20,28H,5,7,10,12-17H2,(H,27,29). The first-order valence-electron chi connectivity index (χ1n) is 11.2. The van der Waals surface area contributed by atoms with Crippen LogP contribution >= 0.6 is 0 Å². The Morgan fingerprint density at radius 2 is 1.59 bits per heavy atom. The zero-order valence-electron chi connectivity index (χ0n) is 17.1. The van der Waals surface area contributed by atoms with Crippen molar-refractivity contribution in [1.29, 1.82) is 0 Å². The van der Waals surface area contributed by atoms with Gasteiger partial charge in [-0.3, -0.25) is 9.78 Å². The SMILES string of the molecule is O=C(CCCc1ccccn1)Nc1ccccc1NC12CC3CC(CC(C3)C1)C2. The number of anilines is 2. The van der Waals surface area contributed by atoms with Crippen molar-refractivity contribution in [1.82, 2.24) is 4.98 Å². The minimum absolute atomic E-state index is 0.0840. The minimum atomic E-state index is 0.0840. The van der Waals surface area contributed by atoms with Gasteiger partial charge in [-0.25, -0.2) is 0 Å². The van der Waals surface area contributed by atoms with Crippen LogP contribution in [0, 0.1) is 17.8 Å². The van der Waals surface area contributed by atoms with E-state index in [1.54, 1.807) is 0 Å². The first-order chi connectivity index (χ1) is 14.2. The van der Waals surface area contributed by atoms with Crippen molar-refractivity contribution in [2.45, 2.75) is 63.3 Å². The van der Waals surface area contributed by atoms with Gasteiger partial charge in [-0.05, 0) is 93.4 Å². The predicted octanol–water partition coefficient (Wildman–Crippen LogP) is 5.42. The number of nitrogens with zero attached hydrogens (tertiary/aromatic N) is 1. The van der Waals surface area contributed by atoms with Gasteiger partial charge in [-0.15, -0.1) is 0 Å². The van der Waals surface area contributed by atoms with Gasteiger partial charge in [0.2, 0.25) is 5.91 Å². The number of nitrogens with one attached hydrogen (secondary N) is 2. The Bertz CT molecular complexity index is 828. The molecule has 0 radical (unpaired) electrons. The van der Waals surface area contributed by atoms with E-state index in [1.807, 2.05) is 36.5 Å². The monoisotopic (exact) mass is 389 g/mol. The third-order valence-electron chi connectivity index (χ3n) is 7.20. The normalized spacial score (nSPS) is 29.6. The van der Waals surface area contributed by atoms with Gasteiger partial charge >= 0.3 is 0 Å². The highest BCUT2D eigenvalue weighted by molar-refractivity contribution is 5.94. The molecule has 4 saturated carbocycles. The molecular weight excluding hydrogens is 358 g/mol. The average Bonchev–Trinajstić information content (AvgIpc) is 2.69. The van der Waals surface area contributed by atoms with Crippen LogP contribution in [-0.4, -0.2) is 16.4 Å². The van der Waals surface area contributed by atoms with Crippen LogP contribution < -0.4 is 10.6 Å². The molecule has 152 valence electrons. The molecule has 0 aliphatic heterocycles. The summed E-state index contributed by atoms with van der Waals surface area (Å²) in [5.41, 5.74) is 3.30. The molecule has 4 aliphatic rings. The van der Waals surface area contributed by atoms with Crippen LogP contribution in [0.4, 0.5) is 11.4 Å². The van der Waals surface area contributed by atoms with E-state index < -0.39 is 0 Å². The molecule has 0 saturated heterocycles. The van der Waals surface area contributed by atoms with Gasteiger partial charge in [-0.2, -0.15) is 0 Å². The lowest BCUT2D eigenvalue weighted by molar-refractivity contribution is -0.116. The molecule has 4 heteroatoms. The third-order valence-corrected chi connectivity index (χ3v) is 7.20. The summed E-state index contributed by atoms with van der Waals surface area (Å²) in [7, 11) is 0. The van der Waals surface area contributed by atoms with Gasteiger partial charge in [0.1, 0.15) is 0 Å². The predicted molar refractivity (Wildman–Crippen MR) is 117 cm³/mol. The van der Waals surface area contributed by atoms with Crippen molar-refractivity contribution in [2.24, 2.45) is 17.8 Å². The maximum absolute atomic E-state index is 12.6. The Hall–Kier alpha value is -2.36. The average molecular weight is 390 g/mol. The summed E-state index contributed by atoms with van der Waals surface area (Å²) in [5, 5.41) is 7.08. The number of hydrogen-bond acceptors (Lipinski definition) is 3. The molecule has 4 bridgehead atoms. The molecule has 1 aromatic heterocycles. The molecule has 2 aromatic rings. The van der Waals surface area contributed by atoms with Crippen LogP contribution in [-0.2, 0) is 11.2 Å². The Balaban J connectivity index is 1.21. The van der Waals surface area contributed by atoms with Gasteiger partial charge < -0.3 is 10.6 Å². The number of carbonyl (C=O) groups is 1. The Labute approximate surface area is 173 Å². The lowest BCUT2D eigenvalue weighted by Crippen LogP contribution is -2.54. The largest absolute Gasteiger partial charge is 0.378 e. The maximum atomic E-state index is 12.6. The number of carbonyl (C=O) groups excluding carboxylic acids is 1. The maximum Gasteiger partial charge on any atom is 0.224 e. The van der Waals surface area contributed by atoms with E-state index in [-0.39, 0.29) is 11.4 Å². The van der Waals surface area contributed by atoms with Crippen molar-refractivity contribution >= 4 is 17.3 Å². The van der Waals surface area contributed by atoms with E-state index >= 15 is 0 Å². The summed E-state index contributed by atoms with van der Waals surface area (Å²) in [5.74, 6) is 2.80. The molecule has 1 aromatic carbocycles. The molecule has 1 heterocycles. The number of hydrogen-bond donors (Lipinski definition) is 2. The van der Waals surface area contributed by atoms with Gasteiger partial charge in [0.05, 0.1) is 11.4 Å². The molecule has 6 rings (SSSR count). The molecule has 0 unspecified atom stereocenters. The molecule has 4 fully saturated rings. The summed E-state index contributed by atoms with van der Waals surface area (Å²) in [6.45, 7) is 0. The summed E-state index contributed by atoms with van der Waals surface area (Å²) in [6, 6.07) is 14.2. The van der Waals surface area contributed by atoms with E-state index in [0.717, 1.165) is 47.7 Å². The van der Waals surface area contributed by atoms with Gasteiger partial charge in [-0.1, -0.05) is 18.2 Å². The summed E-state index contributed by atoms with van der Waals surface area (Å²) in [6.07, 6.45) is 12.2. The van der Waals surface area contributed by atoms with E-state index in [2.05, 4.69) is 27.8 Å². The Morgan fingerprint density at radius 1 is 0.931 bits per heavy atom. The highest BCUT2D eigenvalue weighted by Crippen LogP contribution is 2.56. The Morgan fingerprint density at radius 3 is 2.24 bits per heavy atom. The molecule has 1 amide bonds. The topological polar surface area (TPSA) is 54.0 Å². The number of aryl methyl sites for hydroxylation is 1. The Kier molecular flexibility index (Phi) is 5.03. The fourth-order valence-electron chi connectivity index (χ4n) is 6.44. The number of benzene rings is 1. The quantitative estimate of drug-likeness (QED) is 0.664. The van der Waals surface area contributed by atoms with Crippen molar-refractivity contribution in [3.8, 4) is 0 Å². The number of rotatable bonds is 7. The number of para-hydroxylation sites is 2. The van der Waals surface area contributed by atoms with Gasteiger partial charge in [0.25, 0.3) is 0 Å². The highest BCUT2D eigenvalue weighted by atomic mass is 16.1. The second kappa shape index (κ2) is 7.81. The molecule has 0 spiro atoms. The number of aromatic nitrogens is 1. The van der Waals surface area contributed by atoms with Crippen LogP contribution in [0.5, 0.6) is 0 Å². The van der Waals surface area contributed by atoms with Crippen LogP contribution in [0.1, 0.15) is 57.1 Å². The lowest BCUT2D eigenvalue weighted by atomic mass is 9.53. The van der Waals surface area contributed by atoms with E-state index in [1.165, 1.54) is 38.5 Å². The minimum Gasteiger partial charge on any atom is -0.378 e. The van der Waals surface area contributed by atoms with Crippen molar-refractivity contribution in [2.75, 3.05) is 10.6 Å². The van der Waals surface area contributed by atoms with Crippen molar-refractivity contribution in [3.63, 3.8) is 0 Å².